The van der Waals surface area contributed by atoms with Crippen LogP contribution in [0.4, 0.5) is 5.69 Å². The Bertz CT molecular complexity index is 903. The Morgan fingerprint density at radius 2 is 1.76 bits per heavy atom. The zero-order valence-corrected chi connectivity index (χ0v) is 15.0. The molecule has 7 heteroatoms. The lowest BCUT2D eigenvalue weighted by molar-refractivity contribution is -0.114. The van der Waals surface area contributed by atoms with Gasteiger partial charge in [0.15, 0.2) is 0 Å². The molecule has 4 N–H and O–H groups in total. The number of nitrogens with one attached hydrogen (secondary N) is 2. The molecule has 2 aromatic rings. The maximum Gasteiger partial charge on any atom is 0.241 e. The third-order valence-corrected chi connectivity index (χ3v) is 6.42. The van der Waals surface area contributed by atoms with Crippen molar-refractivity contribution in [2.75, 3.05) is 11.9 Å². The van der Waals surface area contributed by atoms with E-state index in [1.54, 1.807) is 24.3 Å². The largest absolute Gasteiger partial charge is 0.329 e. The molecule has 1 amide bonds. The van der Waals surface area contributed by atoms with E-state index >= 15 is 0 Å². The molecular formula is C18H23N3O3S. The fourth-order valence-electron chi connectivity index (χ4n) is 3.54. The first-order chi connectivity index (χ1) is 11.9. The number of rotatable bonds is 5. The van der Waals surface area contributed by atoms with Crippen LogP contribution in [0, 0.1) is 0 Å². The van der Waals surface area contributed by atoms with Crippen molar-refractivity contribution in [2.24, 2.45) is 5.73 Å². The SMILES string of the molecule is CC(=O)Nc1ccc(S(=O)(=O)NC2(CN)CCCC2)c2ccccc12. The molecule has 6 nitrogen and oxygen atoms in total. The van der Waals surface area contributed by atoms with E-state index < -0.39 is 15.6 Å². The molecule has 0 unspecified atom stereocenters. The molecule has 0 aliphatic heterocycles. The van der Waals surface area contributed by atoms with Gasteiger partial charge in [0.25, 0.3) is 0 Å². The average molecular weight is 361 g/mol. The topological polar surface area (TPSA) is 101 Å². The molecule has 3 rings (SSSR count). The first-order valence-corrected chi connectivity index (χ1v) is 9.89. The molecule has 134 valence electrons. The summed E-state index contributed by atoms with van der Waals surface area (Å²) in [6.07, 6.45) is 3.46. The fourth-order valence-corrected chi connectivity index (χ4v) is 5.23. The van der Waals surface area contributed by atoms with E-state index in [-0.39, 0.29) is 17.3 Å². The van der Waals surface area contributed by atoms with Gasteiger partial charge in [0.05, 0.1) is 4.90 Å². The van der Waals surface area contributed by atoms with Crippen molar-refractivity contribution in [3.8, 4) is 0 Å². The minimum absolute atomic E-state index is 0.202. The molecule has 0 bridgehead atoms. The minimum Gasteiger partial charge on any atom is -0.329 e. The van der Waals surface area contributed by atoms with Crippen molar-refractivity contribution in [2.45, 2.75) is 43.0 Å². The van der Waals surface area contributed by atoms with E-state index in [1.165, 1.54) is 13.0 Å². The van der Waals surface area contributed by atoms with Crippen molar-refractivity contribution in [3.63, 3.8) is 0 Å². The van der Waals surface area contributed by atoms with Crippen molar-refractivity contribution in [1.82, 2.24) is 4.72 Å². The van der Waals surface area contributed by atoms with Gasteiger partial charge in [-0.25, -0.2) is 13.1 Å². The Labute approximate surface area is 147 Å². The van der Waals surface area contributed by atoms with Crippen LogP contribution in [0.15, 0.2) is 41.3 Å². The number of hydrogen-bond donors (Lipinski definition) is 3. The highest BCUT2D eigenvalue weighted by atomic mass is 32.2. The van der Waals surface area contributed by atoms with Crippen LogP contribution in [0.25, 0.3) is 10.8 Å². The summed E-state index contributed by atoms with van der Waals surface area (Å²) < 4.78 is 28.9. The van der Waals surface area contributed by atoms with E-state index in [2.05, 4.69) is 10.0 Å². The molecule has 0 spiro atoms. The third kappa shape index (κ3) is 3.53. The van der Waals surface area contributed by atoms with Gasteiger partial charge in [-0.05, 0) is 25.0 Å². The van der Waals surface area contributed by atoms with Crippen LogP contribution in [-0.4, -0.2) is 26.4 Å². The number of carbonyl (C=O) groups is 1. The predicted octanol–water partition coefficient (Wildman–Crippen LogP) is 2.35. The monoisotopic (exact) mass is 361 g/mol. The number of fused-ring (bicyclic) bond motifs is 1. The van der Waals surface area contributed by atoms with Crippen LogP contribution >= 0.6 is 0 Å². The second kappa shape index (κ2) is 6.74. The van der Waals surface area contributed by atoms with Crippen LogP contribution in [0.1, 0.15) is 32.6 Å². The van der Waals surface area contributed by atoms with Crippen molar-refractivity contribution < 1.29 is 13.2 Å². The molecule has 0 radical (unpaired) electrons. The normalized spacial score (nSPS) is 16.9. The molecule has 1 fully saturated rings. The van der Waals surface area contributed by atoms with Gasteiger partial charge < -0.3 is 11.1 Å². The number of amides is 1. The molecule has 0 atom stereocenters. The van der Waals surface area contributed by atoms with E-state index in [0.29, 0.717) is 16.5 Å². The lowest BCUT2D eigenvalue weighted by atomic mass is 10.0. The summed E-state index contributed by atoms with van der Waals surface area (Å²) in [5, 5.41) is 4.01. The summed E-state index contributed by atoms with van der Waals surface area (Å²) in [4.78, 5) is 11.6. The molecular weight excluding hydrogens is 338 g/mol. The van der Waals surface area contributed by atoms with E-state index in [9.17, 15) is 13.2 Å². The Morgan fingerprint density at radius 1 is 1.12 bits per heavy atom. The first kappa shape index (κ1) is 17.8. The highest BCUT2D eigenvalue weighted by Crippen LogP contribution is 2.33. The molecule has 2 aromatic carbocycles. The Balaban J connectivity index is 2.07. The zero-order valence-electron chi connectivity index (χ0n) is 14.2. The van der Waals surface area contributed by atoms with Crippen molar-refractivity contribution in [1.29, 1.82) is 0 Å². The Morgan fingerprint density at radius 3 is 2.36 bits per heavy atom. The van der Waals surface area contributed by atoms with Crippen LogP contribution in [0.2, 0.25) is 0 Å². The number of sulfonamides is 1. The van der Waals surface area contributed by atoms with Crippen molar-refractivity contribution >= 4 is 32.4 Å². The zero-order chi connectivity index (χ0) is 18.1. The number of nitrogens with two attached hydrogens (primary N) is 1. The summed E-state index contributed by atoms with van der Waals surface area (Å²) in [6.45, 7) is 1.71. The van der Waals surface area contributed by atoms with Crippen LogP contribution < -0.4 is 15.8 Å². The molecule has 1 aliphatic rings. The van der Waals surface area contributed by atoms with Crippen LogP contribution in [0.3, 0.4) is 0 Å². The summed E-state index contributed by atoms with van der Waals surface area (Å²) in [5.74, 6) is -0.202. The van der Waals surface area contributed by atoms with E-state index in [1.807, 2.05) is 6.07 Å². The van der Waals surface area contributed by atoms with Gasteiger partial charge in [0.2, 0.25) is 15.9 Å². The average Bonchev–Trinajstić information content (AvgIpc) is 3.03. The highest BCUT2D eigenvalue weighted by molar-refractivity contribution is 7.89. The van der Waals surface area contributed by atoms with Gasteiger partial charge in [-0.1, -0.05) is 37.1 Å². The van der Waals surface area contributed by atoms with E-state index in [0.717, 1.165) is 25.7 Å². The summed E-state index contributed by atoms with van der Waals surface area (Å²) in [5.41, 5.74) is 5.91. The minimum atomic E-state index is -3.73. The second-order valence-electron chi connectivity index (χ2n) is 6.64. The number of carbonyl (C=O) groups excluding carboxylic acids is 1. The van der Waals surface area contributed by atoms with Gasteiger partial charge in [-0.2, -0.15) is 0 Å². The van der Waals surface area contributed by atoms with E-state index in [4.69, 9.17) is 5.73 Å². The molecule has 0 heterocycles. The maximum absolute atomic E-state index is 13.0. The molecule has 25 heavy (non-hydrogen) atoms. The van der Waals surface area contributed by atoms with Crippen molar-refractivity contribution in [3.05, 3.63) is 36.4 Å². The lowest BCUT2D eigenvalue weighted by Crippen LogP contribution is -2.51. The second-order valence-corrected chi connectivity index (χ2v) is 8.29. The highest BCUT2D eigenvalue weighted by Gasteiger charge is 2.37. The fraction of sp³-hybridized carbons (Fsp3) is 0.389. The Kier molecular flexibility index (Phi) is 4.81. The number of hydrogen-bond acceptors (Lipinski definition) is 4. The van der Waals surface area contributed by atoms with Gasteiger partial charge in [-0.3, -0.25) is 4.79 Å². The summed E-state index contributed by atoms with van der Waals surface area (Å²) >= 11 is 0. The third-order valence-electron chi connectivity index (χ3n) is 4.79. The van der Waals surface area contributed by atoms with Crippen LogP contribution in [0.5, 0.6) is 0 Å². The molecule has 1 aliphatic carbocycles. The molecule has 1 saturated carbocycles. The standard InChI is InChI=1S/C18H23N3O3S/c1-13(22)20-16-8-9-17(15-7-3-2-6-14(15)16)25(23,24)21-18(12-19)10-4-5-11-18/h2-3,6-9,21H,4-5,10-12,19H2,1H3,(H,20,22). The maximum atomic E-state index is 13.0. The summed E-state index contributed by atoms with van der Waals surface area (Å²) in [7, 11) is -3.73. The lowest BCUT2D eigenvalue weighted by Gasteiger charge is -2.28. The Hall–Kier alpha value is -1.96. The quantitative estimate of drug-likeness (QED) is 0.761. The summed E-state index contributed by atoms with van der Waals surface area (Å²) in [6, 6.07) is 10.3. The van der Waals surface area contributed by atoms with Gasteiger partial charge >= 0.3 is 0 Å². The van der Waals surface area contributed by atoms with Crippen LogP contribution in [-0.2, 0) is 14.8 Å². The number of anilines is 1. The van der Waals surface area contributed by atoms with Gasteiger partial charge in [0, 0.05) is 35.5 Å². The molecule has 0 saturated heterocycles. The first-order valence-electron chi connectivity index (χ1n) is 8.40. The molecule has 0 aromatic heterocycles. The van der Waals surface area contributed by atoms with Gasteiger partial charge in [0.1, 0.15) is 0 Å². The predicted molar refractivity (Wildman–Crippen MR) is 98.8 cm³/mol. The smallest absolute Gasteiger partial charge is 0.241 e. The van der Waals surface area contributed by atoms with Gasteiger partial charge in [-0.15, -0.1) is 0 Å². The number of benzene rings is 2.